The van der Waals surface area contributed by atoms with Crippen LogP contribution in [0.1, 0.15) is 30.0 Å². The molecule has 0 saturated carbocycles. The van der Waals surface area contributed by atoms with Gasteiger partial charge in [0.15, 0.2) is 5.84 Å². The predicted octanol–water partition coefficient (Wildman–Crippen LogP) is 17.3. The van der Waals surface area contributed by atoms with Gasteiger partial charge in [-0.3, -0.25) is 0 Å². The minimum Gasteiger partial charge on any atom is -0.455 e. The fourth-order valence-electron chi connectivity index (χ4n) is 10.9. The predicted molar refractivity (Wildman–Crippen MR) is 291 cm³/mol. The van der Waals surface area contributed by atoms with Crippen LogP contribution in [0.2, 0.25) is 0 Å². The zero-order valence-corrected chi connectivity index (χ0v) is 37.9. The van der Waals surface area contributed by atoms with E-state index in [1.165, 1.54) is 48.7 Å². The van der Waals surface area contributed by atoms with Gasteiger partial charge in [-0.1, -0.05) is 177 Å². The molecule has 0 radical (unpaired) electrons. The van der Waals surface area contributed by atoms with Crippen molar-refractivity contribution in [2.75, 3.05) is 0 Å². The fraction of sp³-hybridized carbons (Fsp3) is 0.0462. The highest BCUT2D eigenvalue weighted by atomic mass is 16.3. The van der Waals surface area contributed by atoms with Crippen molar-refractivity contribution in [3.05, 3.63) is 241 Å². The SMILES string of the molecule is CC1C/C=C(c2ccc3ccccc3c2)/N=C(c2ccc(-n3c4cc5ccccc5cc4c4c5ccccc5ccc43)c3c2oc2cc4ccccc4cc23)\N=C/1c1cccc(-c2ccccc2)c1. The lowest BCUT2D eigenvalue weighted by Gasteiger charge is -2.19. The maximum atomic E-state index is 7.28. The Kier molecular flexibility index (Phi) is 8.90. The maximum absolute atomic E-state index is 7.28. The van der Waals surface area contributed by atoms with Crippen molar-refractivity contribution >= 4 is 104 Å². The van der Waals surface area contributed by atoms with Gasteiger partial charge in [-0.25, -0.2) is 9.98 Å². The highest BCUT2D eigenvalue weighted by Gasteiger charge is 2.26. The Labute approximate surface area is 398 Å². The molecule has 0 aliphatic carbocycles. The first-order chi connectivity index (χ1) is 34.1. The van der Waals surface area contributed by atoms with Crippen LogP contribution in [0.4, 0.5) is 0 Å². The third-order valence-electron chi connectivity index (χ3n) is 14.4. The van der Waals surface area contributed by atoms with E-state index in [9.17, 15) is 0 Å². The van der Waals surface area contributed by atoms with Crippen molar-refractivity contribution < 1.29 is 4.42 Å². The van der Waals surface area contributed by atoms with E-state index in [2.05, 4.69) is 236 Å². The molecule has 0 amide bonds. The molecule has 11 aromatic carbocycles. The largest absolute Gasteiger partial charge is 0.455 e. The number of nitrogens with zero attached hydrogens (tertiary/aromatic N) is 3. The van der Waals surface area contributed by atoms with Crippen molar-refractivity contribution in [1.29, 1.82) is 0 Å². The molecule has 0 fully saturated rings. The van der Waals surface area contributed by atoms with E-state index in [-0.39, 0.29) is 5.92 Å². The molecule has 4 heteroatoms. The quantitative estimate of drug-likeness (QED) is 0.170. The average molecular weight is 882 g/mol. The van der Waals surface area contributed by atoms with Gasteiger partial charge >= 0.3 is 0 Å². The summed E-state index contributed by atoms with van der Waals surface area (Å²) < 4.78 is 9.75. The topological polar surface area (TPSA) is 42.8 Å². The number of fused-ring (bicyclic) bond motifs is 11. The monoisotopic (exact) mass is 881 g/mol. The molecule has 14 rings (SSSR count). The van der Waals surface area contributed by atoms with Crippen LogP contribution in [-0.2, 0) is 0 Å². The first-order valence-electron chi connectivity index (χ1n) is 23.9. The molecule has 1 atom stereocenters. The lowest BCUT2D eigenvalue weighted by molar-refractivity contribution is 0.668. The van der Waals surface area contributed by atoms with Crippen molar-refractivity contribution in [3.63, 3.8) is 0 Å². The summed E-state index contributed by atoms with van der Waals surface area (Å²) in [6.07, 6.45) is 3.07. The molecule has 1 unspecified atom stereocenters. The minimum absolute atomic E-state index is 0.0787. The molecule has 69 heavy (non-hydrogen) atoms. The minimum atomic E-state index is 0.0787. The van der Waals surface area contributed by atoms with Gasteiger partial charge in [0.1, 0.15) is 11.2 Å². The highest BCUT2D eigenvalue weighted by molar-refractivity contribution is 6.26. The number of aromatic nitrogens is 1. The molecule has 0 saturated heterocycles. The summed E-state index contributed by atoms with van der Waals surface area (Å²) >= 11 is 0. The van der Waals surface area contributed by atoms with Crippen molar-refractivity contribution in [1.82, 2.24) is 4.57 Å². The molecule has 0 spiro atoms. The molecule has 2 aromatic heterocycles. The fourth-order valence-corrected chi connectivity index (χ4v) is 10.9. The molecular weight excluding hydrogens is 839 g/mol. The number of aliphatic imine (C=N–C) groups is 2. The third kappa shape index (κ3) is 6.44. The Bertz CT molecular complexity index is 4360. The van der Waals surface area contributed by atoms with Gasteiger partial charge in [0.25, 0.3) is 0 Å². The summed E-state index contributed by atoms with van der Waals surface area (Å²) in [7, 11) is 0. The Hall–Kier alpha value is -8.86. The Balaban J connectivity index is 1.08. The molecule has 0 bridgehead atoms. The Morgan fingerprint density at radius 2 is 1.07 bits per heavy atom. The highest BCUT2D eigenvalue weighted by Crippen LogP contribution is 2.44. The second kappa shape index (κ2) is 15.6. The molecule has 324 valence electrons. The van der Waals surface area contributed by atoms with Gasteiger partial charge < -0.3 is 8.98 Å². The van der Waals surface area contributed by atoms with E-state index < -0.39 is 0 Å². The number of benzene rings is 11. The Morgan fingerprint density at radius 1 is 0.435 bits per heavy atom. The lowest BCUT2D eigenvalue weighted by atomic mass is 9.91. The molecule has 1 aliphatic heterocycles. The number of hydrogen-bond acceptors (Lipinski definition) is 3. The van der Waals surface area contributed by atoms with Gasteiger partial charge in [0.2, 0.25) is 0 Å². The molecule has 4 nitrogen and oxygen atoms in total. The number of rotatable bonds is 5. The number of amidine groups is 1. The van der Waals surface area contributed by atoms with Crippen LogP contribution < -0.4 is 0 Å². The smallest absolute Gasteiger partial charge is 0.163 e. The zero-order valence-electron chi connectivity index (χ0n) is 37.9. The van der Waals surface area contributed by atoms with Crippen LogP contribution >= 0.6 is 0 Å². The molecular formula is C65H43N3O. The standard InChI is InChI=1S/C65H43N3O/c1-40-26-31-56(50-28-27-42-16-5-6-18-44(42)34-50)66-65(67-63(40)51-24-13-23-45(35-51)41-14-3-2-4-15-41)53-30-33-58(62-55-37-47-20-8-10-22-49(47)39-60(55)69-64(53)62)68-57-32-29-43-17-11-12-25-52(43)61(57)54-36-46-19-7-9-21-48(46)38-59(54)68/h2-25,27-40H,26H2,1H3/b56-31+,66-65-,67-63+. The molecule has 1 aliphatic rings. The number of allylic oxidation sites excluding steroid dienone is 1. The van der Waals surface area contributed by atoms with Crippen molar-refractivity contribution in [3.8, 4) is 16.8 Å². The second-order valence-electron chi connectivity index (χ2n) is 18.5. The van der Waals surface area contributed by atoms with Crippen molar-refractivity contribution in [2.24, 2.45) is 15.9 Å². The van der Waals surface area contributed by atoms with Crippen LogP contribution in [0.3, 0.4) is 0 Å². The van der Waals surface area contributed by atoms with Crippen LogP contribution in [0.25, 0.3) is 109 Å². The summed E-state index contributed by atoms with van der Waals surface area (Å²) in [5.74, 6) is 0.690. The summed E-state index contributed by atoms with van der Waals surface area (Å²) in [6, 6.07) is 78.8. The van der Waals surface area contributed by atoms with Crippen molar-refractivity contribution in [2.45, 2.75) is 13.3 Å². The Morgan fingerprint density at radius 3 is 1.87 bits per heavy atom. The molecule has 0 N–H and O–H groups in total. The first-order valence-corrected chi connectivity index (χ1v) is 23.9. The van der Waals surface area contributed by atoms with Crippen LogP contribution in [0.5, 0.6) is 0 Å². The van der Waals surface area contributed by atoms with Gasteiger partial charge in [-0.2, -0.15) is 0 Å². The maximum Gasteiger partial charge on any atom is 0.163 e. The van der Waals surface area contributed by atoms with Crippen LogP contribution in [0.15, 0.2) is 239 Å². The third-order valence-corrected chi connectivity index (χ3v) is 14.4. The van der Waals surface area contributed by atoms with E-state index >= 15 is 0 Å². The van der Waals surface area contributed by atoms with E-state index in [4.69, 9.17) is 14.4 Å². The van der Waals surface area contributed by atoms with Crippen LogP contribution in [-0.4, -0.2) is 16.1 Å². The number of furan rings is 1. The number of hydrogen-bond donors (Lipinski definition) is 0. The average Bonchev–Trinajstić information content (AvgIpc) is 3.94. The molecule has 13 aromatic rings. The van der Waals surface area contributed by atoms with E-state index in [1.54, 1.807) is 0 Å². The summed E-state index contributed by atoms with van der Waals surface area (Å²) in [5.41, 5.74) is 12.1. The van der Waals surface area contributed by atoms with Gasteiger partial charge in [-0.15, -0.1) is 0 Å². The van der Waals surface area contributed by atoms with Gasteiger partial charge in [-0.05, 0) is 121 Å². The zero-order chi connectivity index (χ0) is 45.6. The second-order valence-corrected chi connectivity index (χ2v) is 18.5. The summed E-state index contributed by atoms with van der Waals surface area (Å²) in [4.78, 5) is 11.4. The normalized spacial score (nSPS) is 16.8. The van der Waals surface area contributed by atoms with E-state index in [0.717, 1.165) is 89.5 Å². The van der Waals surface area contributed by atoms with Gasteiger partial charge in [0.05, 0.1) is 39.1 Å². The van der Waals surface area contributed by atoms with Gasteiger partial charge in [0, 0.05) is 27.6 Å². The van der Waals surface area contributed by atoms with Crippen LogP contribution in [0, 0.1) is 5.92 Å². The first kappa shape index (κ1) is 39.3. The summed E-state index contributed by atoms with van der Waals surface area (Å²) in [6.45, 7) is 2.28. The summed E-state index contributed by atoms with van der Waals surface area (Å²) in [5, 5.41) is 14.0. The van der Waals surface area contributed by atoms with E-state index in [1.807, 2.05) is 0 Å². The van der Waals surface area contributed by atoms with E-state index in [0.29, 0.717) is 5.84 Å². The molecule has 3 heterocycles. The lowest BCUT2D eigenvalue weighted by Crippen LogP contribution is -2.17.